The van der Waals surface area contributed by atoms with Gasteiger partial charge in [0.15, 0.2) is 0 Å². The molecule has 0 fully saturated rings. The van der Waals surface area contributed by atoms with Gasteiger partial charge in [-0.3, -0.25) is 4.21 Å². The molecule has 0 saturated carbocycles. The van der Waals surface area contributed by atoms with E-state index in [4.69, 9.17) is 16.3 Å². The standard InChI is InChI=1S/C22H21ClN4O2S/c1-13(2)30(28)14-8-9-19(20(10-14)29-3)26-22-25-12-17(23)21(27-22)16-11-24-18-7-5-4-6-15(16)18/h4-13,24H,1-3H3,(H,25,26,27). The zero-order valence-corrected chi connectivity index (χ0v) is 18.3. The molecule has 1 unspecified atom stereocenters. The van der Waals surface area contributed by atoms with Gasteiger partial charge >= 0.3 is 0 Å². The van der Waals surface area contributed by atoms with Crippen molar-refractivity contribution in [2.24, 2.45) is 0 Å². The van der Waals surface area contributed by atoms with Crippen molar-refractivity contribution in [3.8, 4) is 17.0 Å². The van der Waals surface area contributed by atoms with Crippen LogP contribution in [0, 0.1) is 0 Å². The molecule has 6 nitrogen and oxygen atoms in total. The Morgan fingerprint density at radius 1 is 1.20 bits per heavy atom. The number of nitrogens with zero attached hydrogens (tertiary/aromatic N) is 2. The van der Waals surface area contributed by atoms with Gasteiger partial charge in [0.25, 0.3) is 0 Å². The number of aromatic nitrogens is 3. The monoisotopic (exact) mass is 440 g/mol. The van der Waals surface area contributed by atoms with Crippen LogP contribution in [0.2, 0.25) is 5.02 Å². The number of aromatic amines is 1. The minimum absolute atomic E-state index is 0.0202. The molecule has 0 bridgehead atoms. The number of H-pyrrole nitrogens is 1. The highest BCUT2D eigenvalue weighted by atomic mass is 35.5. The van der Waals surface area contributed by atoms with E-state index in [9.17, 15) is 4.21 Å². The SMILES string of the molecule is COc1cc(S(=O)C(C)C)ccc1Nc1ncc(Cl)c(-c2c[nH]c3ccccc23)n1. The molecule has 30 heavy (non-hydrogen) atoms. The van der Waals surface area contributed by atoms with Crippen LogP contribution >= 0.6 is 11.6 Å². The van der Waals surface area contributed by atoms with E-state index in [1.807, 2.05) is 56.4 Å². The van der Waals surface area contributed by atoms with Crippen LogP contribution in [0.4, 0.5) is 11.6 Å². The summed E-state index contributed by atoms with van der Waals surface area (Å²) in [7, 11) is 0.470. The lowest BCUT2D eigenvalue weighted by molar-refractivity contribution is 0.415. The van der Waals surface area contributed by atoms with E-state index in [1.165, 1.54) is 0 Å². The number of para-hydroxylation sites is 1. The lowest BCUT2D eigenvalue weighted by Crippen LogP contribution is -2.06. The molecule has 0 aliphatic heterocycles. The summed E-state index contributed by atoms with van der Waals surface area (Å²) in [5.74, 6) is 0.949. The quantitative estimate of drug-likeness (QED) is 0.411. The first-order valence-electron chi connectivity index (χ1n) is 9.42. The number of halogens is 1. The summed E-state index contributed by atoms with van der Waals surface area (Å²) in [4.78, 5) is 12.9. The topological polar surface area (TPSA) is 79.9 Å². The number of nitrogens with one attached hydrogen (secondary N) is 2. The number of rotatable bonds is 6. The van der Waals surface area contributed by atoms with Crippen LogP contribution in [0.25, 0.3) is 22.2 Å². The van der Waals surface area contributed by atoms with Crippen LogP contribution in [0.3, 0.4) is 0 Å². The summed E-state index contributed by atoms with van der Waals surface area (Å²) < 4.78 is 17.9. The molecule has 154 valence electrons. The Hall–Kier alpha value is -2.90. The first-order chi connectivity index (χ1) is 14.5. The second kappa shape index (κ2) is 8.45. The number of benzene rings is 2. The summed E-state index contributed by atoms with van der Waals surface area (Å²) in [6.07, 6.45) is 3.46. The second-order valence-electron chi connectivity index (χ2n) is 6.97. The maximum Gasteiger partial charge on any atom is 0.227 e. The third kappa shape index (κ3) is 3.91. The Balaban J connectivity index is 1.70. The Morgan fingerprint density at radius 2 is 2.00 bits per heavy atom. The van der Waals surface area contributed by atoms with Crippen molar-refractivity contribution in [3.63, 3.8) is 0 Å². The number of anilines is 2. The largest absolute Gasteiger partial charge is 0.495 e. The van der Waals surface area contributed by atoms with Gasteiger partial charge in [0.05, 0.1) is 40.5 Å². The van der Waals surface area contributed by atoms with Crippen LogP contribution in [0.5, 0.6) is 5.75 Å². The average Bonchev–Trinajstić information content (AvgIpc) is 3.18. The summed E-state index contributed by atoms with van der Waals surface area (Å²) in [6, 6.07) is 13.4. The molecule has 0 spiro atoms. The number of ether oxygens (including phenoxy) is 1. The molecule has 4 aromatic rings. The van der Waals surface area contributed by atoms with Gasteiger partial charge in [-0.05, 0) is 24.3 Å². The second-order valence-corrected chi connectivity index (χ2v) is 9.39. The zero-order chi connectivity index (χ0) is 21.3. The summed E-state index contributed by atoms with van der Waals surface area (Å²) in [5, 5.41) is 4.69. The number of methoxy groups -OCH3 is 1. The van der Waals surface area contributed by atoms with Crippen molar-refractivity contribution < 1.29 is 8.95 Å². The van der Waals surface area contributed by atoms with Crippen molar-refractivity contribution in [1.29, 1.82) is 0 Å². The smallest absolute Gasteiger partial charge is 0.227 e. The molecular formula is C22H21ClN4O2S. The van der Waals surface area contributed by atoms with E-state index < -0.39 is 10.8 Å². The van der Waals surface area contributed by atoms with E-state index >= 15 is 0 Å². The molecule has 2 aromatic heterocycles. The molecular weight excluding hydrogens is 420 g/mol. The summed E-state index contributed by atoms with van der Waals surface area (Å²) in [6.45, 7) is 3.84. The molecule has 2 N–H and O–H groups in total. The fraction of sp³-hybridized carbons (Fsp3) is 0.182. The predicted octanol–water partition coefficient (Wildman–Crippen LogP) is 5.55. The molecule has 2 heterocycles. The van der Waals surface area contributed by atoms with Crippen molar-refractivity contribution >= 4 is 44.9 Å². The van der Waals surface area contributed by atoms with Gasteiger partial charge in [0, 0.05) is 32.8 Å². The van der Waals surface area contributed by atoms with Crippen LogP contribution in [-0.2, 0) is 10.8 Å². The number of fused-ring (bicyclic) bond motifs is 1. The first kappa shape index (κ1) is 20.4. The third-order valence-corrected chi connectivity index (χ3v) is 6.52. The Bertz CT molecular complexity index is 1240. The van der Waals surface area contributed by atoms with E-state index in [1.54, 1.807) is 19.4 Å². The summed E-state index contributed by atoms with van der Waals surface area (Å²) >= 11 is 6.41. The predicted molar refractivity (Wildman–Crippen MR) is 122 cm³/mol. The number of hydrogen-bond acceptors (Lipinski definition) is 5. The molecule has 0 saturated heterocycles. The van der Waals surface area contributed by atoms with Crippen molar-refractivity contribution in [3.05, 3.63) is 59.9 Å². The van der Waals surface area contributed by atoms with Gasteiger partial charge < -0.3 is 15.0 Å². The molecule has 0 radical (unpaired) electrons. The van der Waals surface area contributed by atoms with E-state index in [-0.39, 0.29) is 5.25 Å². The van der Waals surface area contributed by atoms with E-state index in [0.29, 0.717) is 33.0 Å². The lowest BCUT2D eigenvalue weighted by atomic mass is 10.1. The molecule has 2 aromatic carbocycles. The third-order valence-electron chi connectivity index (χ3n) is 4.67. The fourth-order valence-corrected chi connectivity index (χ4v) is 4.34. The van der Waals surface area contributed by atoms with Gasteiger partial charge in [-0.15, -0.1) is 0 Å². The van der Waals surface area contributed by atoms with E-state index in [0.717, 1.165) is 16.5 Å². The van der Waals surface area contributed by atoms with Gasteiger partial charge in [0.1, 0.15) is 5.75 Å². The first-order valence-corrected chi connectivity index (χ1v) is 11.0. The van der Waals surface area contributed by atoms with Crippen molar-refractivity contribution in [1.82, 2.24) is 15.0 Å². The Kier molecular flexibility index (Phi) is 5.74. The van der Waals surface area contributed by atoms with Gasteiger partial charge in [-0.2, -0.15) is 0 Å². The highest BCUT2D eigenvalue weighted by Crippen LogP contribution is 2.34. The maximum atomic E-state index is 12.4. The number of hydrogen-bond donors (Lipinski definition) is 2. The molecule has 8 heteroatoms. The lowest BCUT2D eigenvalue weighted by Gasteiger charge is -2.13. The van der Waals surface area contributed by atoms with Crippen LogP contribution in [0.1, 0.15) is 13.8 Å². The van der Waals surface area contributed by atoms with Crippen molar-refractivity contribution in [2.75, 3.05) is 12.4 Å². The molecule has 1 atom stereocenters. The van der Waals surface area contributed by atoms with Crippen LogP contribution < -0.4 is 10.1 Å². The van der Waals surface area contributed by atoms with Gasteiger partial charge in [-0.25, -0.2) is 9.97 Å². The highest BCUT2D eigenvalue weighted by Gasteiger charge is 2.15. The van der Waals surface area contributed by atoms with Crippen LogP contribution in [-0.4, -0.2) is 31.5 Å². The molecule has 0 aliphatic carbocycles. The average molecular weight is 441 g/mol. The molecule has 4 rings (SSSR count). The normalized spacial score (nSPS) is 12.3. The fourth-order valence-electron chi connectivity index (χ4n) is 3.18. The summed E-state index contributed by atoms with van der Waals surface area (Å²) in [5.41, 5.74) is 3.21. The van der Waals surface area contributed by atoms with E-state index in [2.05, 4.69) is 20.3 Å². The maximum absolute atomic E-state index is 12.4. The minimum Gasteiger partial charge on any atom is -0.495 e. The molecule has 0 amide bonds. The highest BCUT2D eigenvalue weighted by molar-refractivity contribution is 7.85. The Morgan fingerprint density at radius 3 is 2.77 bits per heavy atom. The zero-order valence-electron chi connectivity index (χ0n) is 16.8. The van der Waals surface area contributed by atoms with Crippen LogP contribution in [0.15, 0.2) is 59.8 Å². The van der Waals surface area contributed by atoms with Gasteiger partial charge in [-0.1, -0.05) is 43.6 Å². The Labute approximate surface area is 182 Å². The molecule has 0 aliphatic rings. The van der Waals surface area contributed by atoms with Crippen molar-refractivity contribution in [2.45, 2.75) is 24.0 Å². The minimum atomic E-state index is -1.10. The van der Waals surface area contributed by atoms with Gasteiger partial charge in [0.2, 0.25) is 5.95 Å².